The van der Waals surface area contributed by atoms with Crippen LogP contribution in [0.15, 0.2) is 59.8 Å². The number of hydrogen-bond donors (Lipinski definition) is 1. The van der Waals surface area contributed by atoms with Gasteiger partial charge in [0.25, 0.3) is 5.91 Å². The van der Waals surface area contributed by atoms with E-state index in [2.05, 4.69) is 5.16 Å². The molecule has 7 nitrogen and oxygen atoms in total. The number of aliphatic carboxylic acids is 1. The minimum absolute atomic E-state index is 0.102. The summed E-state index contributed by atoms with van der Waals surface area (Å²) in [7, 11) is 1.46. The van der Waals surface area contributed by atoms with E-state index in [1.165, 1.54) is 7.11 Å². The van der Waals surface area contributed by atoms with Crippen LogP contribution in [0.25, 0.3) is 11.1 Å². The molecule has 1 amide bonds. The van der Waals surface area contributed by atoms with Gasteiger partial charge in [0, 0.05) is 12.0 Å². The molecule has 1 unspecified atom stereocenters. The van der Waals surface area contributed by atoms with Crippen molar-refractivity contribution in [3.8, 4) is 11.1 Å². The number of carboxylic acids is 1. The van der Waals surface area contributed by atoms with E-state index < -0.39 is 17.5 Å². The smallest absolute Gasteiger partial charge is 0.333 e. The first kappa shape index (κ1) is 23.5. The lowest BCUT2D eigenvalue weighted by molar-refractivity contribution is -0.159. The Morgan fingerprint density at radius 3 is 2.28 bits per heavy atom. The average molecular weight is 439 g/mol. The molecule has 1 fully saturated rings. The molecule has 3 rings (SSSR count). The standard InChI is InChI=1S/C25H30N2O5/c1-25(2,3)22(24(29)30)32-16-21-14-20(26-31-4)15-27(21)23(28)19-12-10-18(11-13-19)17-8-6-5-7-9-17/h5-13,21-22H,14-16H2,1-4H3,(H,29,30)/t21-,22?/m0/s1. The summed E-state index contributed by atoms with van der Waals surface area (Å²) in [4.78, 5) is 31.5. The number of ether oxygens (including phenoxy) is 1. The molecular formula is C25H30N2O5. The number of carbonyl (C=O) groups excluding carboxylic acids is 1. The Kier molecular flexibility index (Phi) is 7.30. The zero-order valence-electron chi connectivity index (χ0n) is 18.9. The Bertz CT molecular complexity index is 964. The third-order valence-electron chi connectivity index (χ3n) is 5.45. The molecule has 1 heterocycles. The van der Waals surface area contributed by atoms with Crippen LogP contribution in [-0.2, 0) is 14.4 Å². The summed E-state index contributed by atoms with van der Waals surface area (Å²) in [6.07, 6.45) is -0.508. The van der Waals surface area contributed by atoms with Gasteiger partial charge in [-0.05, 0) is 28.7 Å². The summed E-state index contributed by atoms with van der Waals surface area (Å²) in [5, 5.41) is 13.6. The van der Waals surface area contributed by atoms with Crippen molar-refractivity contribution >= 4 is 17.6 Å². The van der Waals surface area contributed by atoms with Crippen molar-refractivity contribution in [1.82, 2.24) is 4.90 Å². The van der Waals surface area contributed by atoms with Crippen molar-refractivity contribution in [2.75, 3.05) is 20.3 Å². The first-order chi connectivity index (χ1) is 15.2. The predicted octanol–water partition coefficient (Wildman–Crippen LogP) is 4.09. The van der Waals surface area contributed by atoms with E-state index in [1.807, 2.05) is 75.4 Å². The Morgan fingerprint density at radius 2 is 1.72 bits per heavy atom. The maximum Gasteiger partial charge on any atom is 0.333 e. The first-order valence-electron chi connectivity index (χ1n) is 10.6. The third-order valence-corrected chi connectivity index (χ3v) is 5.45. The summed E-state index contributed by atoms with van der Waals surface area (Å²) in [5.74, 6) is -1.17. The second-order valence-electron chi connectivity index (χ2n) is 8.99. The van der Waals surface area contributed by atoms with Crippen molar-refractivity contribution in [2.45, 2.75) is 39.3 Å². The Balaban J connectivity index is 1.77. The number of likely N-dealkylation sites (tertiary alicyclic amines) is 1. The summed E-state index contributed by atoms with van der Waals surface area (Å²) >= 11 is 0. The van der Waals surface area contributed by atoms with Gasteiger partial charge in [-0.3, -0.25) is 4.79 Å². The number of hydrogen-bond acceptors (Lipinski definition) is 5. The predicted molar refractivity (Wildman–Crippen MR) is 123 cm³/mol. The molecule has 7 heteroatoms. The second-order valence-corrected chi connectivity index (χ2v) is 8.99. The number of amides is 1. The summed E-state index contributed by atoms with van der Waals surface area (Å²) in [6.45, 7) is 5.86. The highest BCUT2D eigenvalue weighted by Gasteiger charge is 2.37. The molecule has 0 saturated carbocycles. The lowest BCUT2D eigenvalue weighted by Crippen LogP contribution is -2.43. The zero-order valence-corrected chi connectivity index (χ0v) is 18.9. The van der Waals surface area contributed by atoms with Crippen molar-refractivity contribution in [1.29, 1.82) is 0 Å². The van der Waals surface area contributed by atoms with Gasteiger partial charge >= 0.3 is 5.97 Å². The second kappa shape index (κ2) is 9.96. The maximum absolute atomic E-state index is 13.3. The van der Waals surface area contributed by atoms with Crippen LogP contribution in [-0.4, -0.2) is 60.0 Å². The van der Waals surface area contributed by atoms with Gasteiger partial charge in [-0.25, -0.2) is 4.79 Å². The van der Waals surface area contributed by atoms with E-state index in [0.29, 0.717) is 18.5 Å². The highest BCUT2D eigenvalue weighted by Crippen LogP contribution is 2.26. The molecule has 32 heavy (non-hydrogen) atoms. The molecule has 0 spiro atoms. The van der Waals surface area contributed by atoms with Crippen molar-refractivity contribution in [3.63, 3.8) is 0 Å². The lowest BCUT2D eigenvalue weighted by Gasteiger charge is -2.30. The van der Waals surface area contributed by atoms with Crippen LogP contribution in [0.4, 0.5) is 0 Å². The fraction of sp³-hybridized carbons (Fsp3) is 0.400. The van der Waals surface area contributed by atoms with Gasteiger partial charge in [0.05, 0.1) is 24.9 Å². The van der Waals surface area contributed by atoms with Crippen LogP contribution in [0.2, 0.25) is 0 Å². The van der Waals surface area contributed by atoms with E-state index in [9.17, 15) is 14.7 Å². The van der Waals surface area contributed by atoms with Crippen LogP contribution in [0.1, 0.15) is 37.6 Å². The maximum atomic E-state index is 13.3. The fourth-order valence-corrected chi connectivity index (χ4v) is 3.85. The van der Waals surface area contributed by atoms with Gasteiger partial charge in [-0.2, -0.15) is 0 Å². The first-order valence-corrected chi connectivity index (χ1v) is 10.6. The monoisotopic (exact) mass is 438 g/mol. The topological polar surface area (TPSA) is 88.4 Å². The van der Waals surface area contributed by atoms with Crippen LogP contribution >= 0.6 is 0 Å². The molecule has 0 bridgehead atoms. The molecule has 1 N–H and O–H groups in total. The molecule has 0 aliphatic carbocycles. The van der Waals surface area contributed by atoms with E-state index in [0.717, 1.165) is 16.8 Å². The van der Waals surface area contributed by atoms with E-state index in [1.54, 1.807) is 4.90 Å². The molecule has 0 aromatic heterocycles. The number of carbonyl (C=O) groups is 2. The largest absolute Gasteiger partial charge is 0.479 e. The van der Waals surface area contributed by atoms with Crippen molar-refractivity contribution in [2.24, 2.45) is 10.6 Å². The minimum Gasteiger partial charge on any atom is -0.479 e. The van der Waals surface area contributed by atoms with Gasteiger partial charge in [0.1, 0.15) is 7.11 Å². The fourth-order valence-electron chi connectivity index (χ4n) is 3.85. The zero-order chi connectivity index (χ0) is 23.3. The molecule has 0 radical (unpaired) electrons. The van der Waals surface area contributed by atoms with E-state index in [4.69, 9.17) is 9.57 Å². The van der Waals surface area contributed by atoms with E-state index >= 15 is 0 Å². The highest BCUT2D eigenvalue weighted by molar-refractivity contribution is 6.00. The van der Waals surface area contributed by atoms with Gasteiger partial charge in [-0.15, -0.1) is 0 Å². The quantitative estimate of drug-likeness (QED) is 0.658. The SMILES string of the molecule is CON=C1C[C@@H](COC(C(=O)O)C(C)(C)C)N(C(=O)c2ccc(-c3ccccc3)cc2)C1. The van der Waals surface area contributed by atoms with Gasteiger partial charge < -0.3 is 19.6 Å². The van der Waals surface area contributed by atoms with Gasteiger partial charge in [0.15, 0.2) is 6.10 Å². The Hall–Kier alpha value is -3.19. The summed E-state index contributed by atoms with van der Waals surface area (Å²) < 4.78 is 5.78. The minimum atomic E-state index is -1.02. The number of nitrogens with zero attached hydrogens (tertiary/aromatic N) is 2. The van der Waals surface area contributed by atoms with Gasteiger partial charge in [0.2, 0.25) is 0 Å². The molecule has 1 aliphatic heterocycles. The summed E-state index contributed by atoms with van der Waals surface area (Å²) in [6, 6.07) is 17.1. The molecule has 1 aliphatic rings. The Labute approximate surface area is 188 Å². The number of rotatable bonds is 7. The van der Waals surface area contributed by atoms with Crippen molar-refractivity contribution < 1.29 is 24.3 Å². The molecule has 2 aromatic rings. The molecular weight excluding hydrogens is 408 g/mol. The number of oxime groups is 1. The highest BCUT2D eigenvalue weighted by atomic mass is 16.6. The number of carboxylic acid groups (broad SMARTS) is 1. The molecule has 1 saturated heterocycles. The molecule has 2 atom stereocenters. The average Bonchev–Trinajstić information content (AvgIpc) is 3.16. The van der Waals surface area contributed by atoms with Crippen LogP contribution in [0.5, 0.6) is 0 Å². The molecule has 170 valence electrons. The lowest BCUT2D eigenvalue weighted by atomic mass is 9.89. The normalized spacial score (nSPS) is 18.6. The van der Waals surface area contributed by atoms with Crippen LogP contribution in [0, 0.1) is 5.41 Å². The molecule has 2 aromatic carbocycles. The summed E-state index contributed by atoms with van der Waals surface area (Å²) in [5.41, 5.74) is 2.81. The van der Waals surface area contributed by atoms with Gasteiger partial charge in [-0.1, -0.05) is 68.4 Å². The van der Waals surface area contributed by atoms with Crippen molar-refractivity contribution in [3.05, 3.63) is 60.2 Å². The third kappa shape index (κ3) is 5.53. The number of benzene rings is 2. The van der Waals surface area contributed by atoms with Crippen LogP contribution in [0.3, 0.4) is 0 Å². The van der Waals surface area contributed by atoms with E-state index in [-0.39, 0.29) is 18.6 Å². The van der Waals surface area contributed by atoms with Crippen LogP contribution < -0.4 is 0 Å². The Morgan fingerprint density at radius 1 is 1.09 bits per heavy atom.